The average molecular weight is 244 g/mol. The summed E-state index contributed by atoms with van der Waals surface area (Å²) in [6.45, 7) is 4.13. The second-order valence-electron chi connectivity index (χ2n) is 4.09. The summed E-state index contributed by atoms with van der Waals surface area (Å²) in [6, 6.07) is 7.59. The van der Waals surface area contributed by atoms with Crippen LogP contribution in [0.3, 0.4) is 0 Å². The fourth-order valence-corrected chi connectivity index (χ4v) is 1.66. The number of hydrogen-bond acceptors (Lipinski definition) is 3. The van der Waals surface area contributed by atoms with E-state index in [1.807, 2.05) is 31.2 Å². The molecule has 0 saturated carbocycles. The standard InChI is InChI=1S/C13H16N4O/c1-9-13(16-8-15-9)7-14-11-4-3-5-12(6-11)17-10(2)18/h3-6,8,14H,7H2,1-2H3,(H,15,16)(H,17,18). The molecule has 2 rings (SSSR count). The Morgan fingerprint density at radius 2 is 2.17 bits per heavy atom. The molecule has 3 N–H and O–H groups in total. The van der Waals surface area contributed by atoms with Gasteiger partial charge in [0.1, 0.15) is 0 Å². The van der Waals surface area contributed by atoms with Crippen LogP contribution in [0.1, 0.15) is 18.3 Å². The van der Waals surface area contributed by atoms with Crippen molar-refractivity contribution in [1.29, 1.82) is 0 Å². The van der Waals surface area contributed by atoms with Crippen LogP contribution in [0.25, 0.3) is 0 Å². The lowest BCUT2D eigenvalue weighted by Crippen LogP contribution is -2.06. The van der Waals surface area contributed by atoms with Gasteiger partial charge in [-0.2, -0.15) is 0 Å². The largest absolute Gasteiger partial charge is 0.379 e. The molecule has 5 nitrogen and oxygen atoms in total. The molecule has 0 aliphatic heterocycles. The number of H-pyrrole nitrogens is 1. The van der Waals surface area contributed by atoms with Gasteiger partial charge in [-0.1, -0.05) is 6.07 Å². The van der Waals surface area contributed by atoms with E-state index in [0.717, 1.165) is 22.8 Å². The van der Waals surface area contributed by atoms with Crippen LogP contribution < -0.4 is 10.6 Å². The molecular formula is C13H16N4O. The van der Waals surface area contributed by atoms with Crippen molar-refractivity contribution < 1.29 is 4.79 Å². The third-order valence-corrected chi connectivity index (χ3v) is 2.58. The predicted molar refractivity (Wildman–Crippen MR) is 71.4 cm³/mol. The molecule has 0 atom stereocenters. The zero-order valence-corrected chi connectivity index (χ0v) is 10.4. The minimum atomic E-state index is -0.0738. The molecule has 0 aliphatic rings. The van der Waals surface area contributed by atoms with E-state index >= 15 is 0 Å². The van der Waals surface area contributed by atoms with Crippen molar-refractivity contribution in [3.63, 3.8) is 0 Å². The summed E-state index contributed by atoms with van der Waals surface area (Å²) in [5.41, 5.74) is 3.77. The Morgan fingerprint density at radius 3 is 2.83 bits per heavy atom. The summed E-state index contributed by atoms with van der Waals surface area (Å²) in [5, 5.41) is 6.02. The molecule has 2 aromatic rings. The van der Waals surface area contributed by atoms with Crippen LogP contribution in [0, 0.1) is 6.92 Å². The molecule has 0 saturated heterocycles. The number of amides is 1. The smallest absolute Gasteiger partial charge is 0.221 e. The number of rotatable bonds is 4. The summed E-state index contributed by atoms with van der Waals surface area (Å²) in [6.07, 6.45) is 1.68. The number of imidazole rings is 1. The first-order chi connectivity index (χ1) is 8.65. The van der Waals surface area contributed by atoms with Gasteiger partial charge in [0, 0.05) is 24.0 Å². The van der Waals surface area contributed by atoms with E-state index in [1.165, 1.54) is 6.92 Å². The van der Waals surface area contributed by atoms with E-state index < -0.39 is 0 Å². The Hall–Kier alpha value is -2.30. The maximum absolute atomic E-state index is 11.0. The van der Waals surface area contributed by atoms with Crippen LogP contribution in [0.2, 0.25) is 0 Å². The molecule has 1 aromatic carbocycles. The van der Waals surface area contributed by atoms with Crippen molar-refractivity contribution in [2.24, 2.45) is 0 Å². The van der Waals surface area contributed by atoms with E-state index in [1.54, 1.807) is 6.33 Å². The van der Waals surface area contributed by atoms with Gasteiger partial charge < -0.3 is 15.6 Å². The SMILES string of the molecule is CC(=O)Nc1cccc(NCc2nc[nH]c2C)c1. The van der Waals surface area contributed by atoms with Gasteiger partial charge in [0.25, 0.3) is 0 Å². The second-order valence-corrected chi connectivity index (χ2v) is 4.09. The summed E-state index contributed by atoms with van der Waals surface area (Å²) >= 11 is 0. The summed E-state index contributed by atoms with van der Waals surface area (Å²) in [4.78, 5) is 18.2. The van der Waals surface area contributed by atoms with E-state index in [-0.39, 0.29) is 5.91 Å². The minimum Gasteiger partial charge on any atom is -0.379 e. The molecule has 0 radical (unpaired) electrons. The summed E-state index contributed by atoms with van der Waals surface area (Å²) < 4.78 is 0. The van der Waals surface area contributed by atoms with E-state index in [0.29, 0.717) is 6.54 Å². The maximum Gasteiger partial charge on any atom is 0.221 e. The van der Waals surface area contributed by atoms with Gasteiger partial charge >= 0.3 is 0 Å². The molecule has 0 unspecified atom stereocenters. The molecule has 94 valence electrons. The number of nitrogens with zero attached hydrogens (tertiary/aromatic N) is 1. The van der Waals surface area contributed by atoms with Gasteiger partial charge in [-0.3, -0.25) is 4.79 Å². The lowest BCUT2D eigenvalue weighted by Gasteiger charge is -2.08. The Morgan fingerprint density at radius 1 is 1.39 bits per heavy atom. The second kappa shape index (κ2) is 5.35. The van der Waals surface area contributed by atoms with Gasteiger partial charge in [-0.15, -0.1) is 0 Å². The number of benzene rings is 1. The number of carbonyl (C=O) groups is 1. The monoisotopic (exact) mass is 244 g/mol. The van der Waals surface area contributed by atoms with Crippen molar-refractivity contribution >= 4 is 17.3 Å². The first kappa shape index (κ1) is 12.2. The van der Waals surface area contributed by atoms with Crippen LogP contribution in [-0.4, -0.2) is 15.9 Å². The lowest BCUT2D eigenvalue weighted by molar-refractivity contribution is -0.114. The molecule has 1 heterocycles. The number of nitrogens with one attached hydrogen (secondary N) is 3. The van der Waals surface area contributed by atoms with Gasteiger partial charge in [-0.25, -0.2) is 4.98 Å². The van der Waals surface area contributed by atoms with Gasteiger partial charge in [0.2, 0.25) is 5.91 Å². The number of anilines is 2. The fourth-order valence-electron chi connectivity index (χ4n) is 1.66. The average Bonchev–Trinajstić information content (AvgIpc) is 2.72. The van der Waals surface area contributed by atoms with E-state index in [4.69, 9.17) is 0 Å². The van der Waals surface area contributed by atoms with Crippen molar-refractivity contribution in [3.05, 3.63) is 42.0 Å². The third kappa shape index (κ3) is 3.10. The molecule has 0 fully saturated rings. The summed E-state index contributed by atoms with van der Waals surface area (Å²) in [7, 11) is 0. The Kier molecular flexibility index (Phi) is 3.62. The number of aromatic amines is 1. The molecular weight excluding hydrogens is 228 g/mol. The third-order valence-electron chi connectivity index (χ3n) is 2.58. The number of aryl methyl sites for hydroxylation is 1. The van der Waals surface area contributed by atoms with Crippen LogP contribution in [-0.2, 0) is 11.3 Å². The maximum atomic E-state index is 11.0. The van der Waals surface area contributed by atoms with Crippen molar-refractivity contribution in [1.82, 2.24) is 9.97 Å². The molecule has 0 aliphatic carbocycles. The molecule has 1 amide bonds. The highest BCUT2D eigenvalue weighted by molar-refractivity contribution is 5.89. The van der Waals surface area contributed by atoms with E-state index in [2.05, 4.69) is 20.6 Å². The molecule has 0 spiro atoms. The van der Waals surface area contributed by atoms with Crippen molar-refractivity contribution in [2.45, 2.75) is 20.4 Å². The first-order valence-electron chi connectivity index (χ1n) is 5.75. The van der Waals surface area contributed by atoms with E-state index in [9.17, 15) is 4.79 Å². The predicted octanol–water partition coefficient (Wildman–Crippen LogP) is 2.29. The topological polar surface area (TPSA) is 69.8 Å². The Balaban J connectivity index is 2.01. The quantitative estimate of drug-likeness (QED) is 0.772. The first-order valence-corrected chi connectivity index (χ1v) is 5.75. The zero-order chi connectivity index (χ0) is 13.0. The normalized spacial score (nSPS) is 10.1. The van der Waals surface area contributed by atoms with Crippen molar-refractivity contribution in [2.75, 3.05) is 10.6 Å². The van der Waals surface area contributed by atoms with Crippen molar-refractivity contribution in [3.8, 4) is 0 Å². The highest BCUT2D eigenvalue weighted by atomic mass is 16.1. The molecule has 0 bridgehead atoms. The summed E-state index contributed by atoms with van der Waals surface area (Å²) in [5.74, 6) is -0.0738. The minimum absolute atomic E-state index is 0.0738. The number of aromatic nitrogens is 2. The Labute approximate surface area is 106 Å². The number of hydrogen-bond donors (Lipinski definition) is 3. The zero-order valence-electron chi connectivity index (χ0n) is 10.4. The lowest BCUT2D eigenvalue weighted by atomic mass is 10.2. The highest BCUT2D eigenvalue weighted by Gasteiger charge is 2.01. The van der Waals surface area contributed by atoms with Crippen LogP contribution >= 0.6 is 0 Å². The Bertz CT molecular complexity index is 547. The van der Waals surface area contributed by atoms with Crippen LogP contribution in [0.15, 0.2) is 30.6 Å². The molecule has 18 heavy (non-hydrogen) atoms. The molecule has 1 aromatic heterocycles. The molecule has 5 heteroatoms. The fraction of sp³-hybridized carbons (Fsp3) is 0.231. The van der Waals surface area contributed by atoms with Crippen LogP contribution in [0.5, 0.6) is 0 Å². The highest BCUT2D eigenvalue weighted by Crippen LogP contribution is 2.16. The van der Waals surface area contributed by atoms with Crippen LogP contribution in [0.4, 0.5) is 11.4 Å². The van der Waals surface area contributed by atoms with Gasteiger partial charge in [0.15, 0.2) is 0 Å². The van der Waals surface area contributed by atoms with Gasteiger partial charge in [0.05, 0.1) is 18.6 Å². The number of carbonyl (C=O) groups excluding carboxylic acids is 1. The van der Waals surface area contributed by atoms with Gasteiger partial charge in [-0.05, 0) is 25.1 Å².